The summed E-state index contributed by atoms with van der Waals surface area (Å²) < 4.78 is 16.0. The summed E-state index contributed by atoms with van der Waals surface area (Å²) in [7, 11) is 4.53. The van der Waals surface area contributed by atoms with E-state index < -0.39 is 6.09 Å². The van der Waals surface area contributed by atoms with Gasteiger partial charge >= 0.3 is 6.09 Å². The van der Waals surface area contributed by atoms with Crippen LogP contribution in [0.5, 0.6) is 17.2 Å². The Balaban J connectivity index is 1.66. The van der Waals surface area contributed by atoms with Crippen LogP contribution in [0.4, 0.5) is 22.2 Å². The van der Waals surface area contributed by atoms with E-state index in [-0.39, 0.29) is 17.6 Å². The number of carbonyl (C=O) groups excluding carboxylic acids is 2. The van der Waals surface area contributed by atoms with Crippen LogP contribution in [0, 0.1) is 0 Å². The molecule has 2 aromatic carbocycles. The molecule has 0 saturated heterocycles. The van der Waals surface area contributed by atoms with Crippen LogP contribution in [0.15, 0.2) is 54.7 Å². The molecule has 0 radical (unpaired) electrons. The molecule has 1 aromatic heterocycles. The molecule has 0 aliphatic carbocycles. The van der Waals surface area contributed by atoms with Crippen molar-refractivity contribution in [1.29, 1.82) is 0 Å². The van der Waals surface area contributed by atoms with Crippen LogP contribution in [0.1, 0.15) is 24.2 Å². The lowest BCUT2D eigenvalue weighted by atomic mass is 10.2. The van der Waals surface area contributed by atoms with Crippen LogP contribution >= 0.6 is 0 Å². The third-order valence-electron chi connectivity index (χ3n) is 5.82. The summed E-state index contributed by atoms with van der Waals surface area (Å²) in [5.41, 5.74) is 1.14. The van der Waals surface area contributed by atoms with Crippen molar-refractivity contribution in [3.05, 3.63) is 60.3 Å². The zero-order valence-corrected chi connectivity index (χ0v) is 22.4. The Labute approximate surface area is 222 Å². The highest BCUT2D eigenvalue weighted by atomic mass is 16.6. The van der Waals surface area contributed by atoms with E-state index >= 15 is 0 Å². The molecule has 0 fully saturated rings. The minimum Gasteiger partial charge on any atom is -0.497 e. The van der Waals surface area contributed by atoms with Crippen molar-refractivity contribution in [2.24, 2.45) is 0 Å². The molecule has 1 heterocycles. The Morgan fingerprint density at radius 2 is 1.76 bits per heavy atom. The molecule has 11 heteroatoms. The fourth-order valence-corrected chi connectivity index (χ4v) is 3.55. The first kappa shape index (κ1) is 28.2. The van der Waals surface area contributed by atoms with Gasteiger partial charge < -0.3 is 29.7 Å². The van der Waals surface area contributed by atoms with Crippen LogP contribution in [-0.4, -0.2) is 74.3 Å². The lowest BCUT2D eigenvalue weighted by Gasteiger charge is -2.18. The van der Waals surface area contributed by atoms with E-state index in [2.05, 4.69) is 39.3 Å². The summed E-state index contributed by atoms with van der Waals surface area (Å²) >= 11 is 0. The predicted octanol–water partition coefficient (Wildman–Crippen LogP) is 3.94. The molecule has 2 N–H and O–H groups in total. The first-order chi connectivity index (χ1) is 18.4. The lowest BCUT2D eigenvalue weighted by Crippen LogP contribution is -2.34. The number of ether oxygens (including phenoxy) is 3. The number of nitrogens with zero attached hydrogens (tertiary/aromatic N) is 4. The van der Waals surface area contributed by atoms with E-state index in [1.807, 2.05) is 0 Å². The topological polar surface area (TPSA) is 118 Å². The molecular formula is C27H34N6O5. The summed E-state index contributed by atoms with van der Waals surface area (Å²) in [4.78, 5) is 37.5. The molecule has 0 aliphatic heterocycles. The van der Waals surface area contributed by atoms with Crippen molar-refractivity contribution in [2.75, 3.05) is 57.7 Å². The predicted molar refractivity (Wildman–Crippen MR) is 146 cm³/mol. The highest BCUT2D eigenvalue weighted by molar-refractivity contribution is 5.95. The zero-order chi connectivity index (χ0) is 27.5. The average molecular weight is 523 g/mol. The van der Waals surface area contributed by atoms with E-state index in [0.29, 0.717) is 35.1 Å². The Hall–Kier alpha value is -4.38. The second kappa shape index (κ2) is 13.8. The molecule has 0 saturated carbocycles. The van der Waals surface area contributed by atoms with Crippen LogP contribution in [-0.2, 0) is 0 Å². The van der Waals surface area contributed by atoms with Gasteiger partial charge in [0.25, 0.3) is 5.91 Å². The second-order valence-electron chi connectivity index (χ2n) is 8.17. The average Bonchev–Trinajstić information content (AvgIpc) is 2.95. The second-order valence-corrected chi connectivity index (χ2v) is 8.17. The monoisotopic (exact) mass is 522 g/mol. The van der Waals surface area contributed by atoms with Gasteiger partial charge in [0, 0.05) is 43.7 Å². The van der Waals surface area contributed by atoms with Gasteiger partial charge in [-0.1, -0.05) is 19.9 Å². The maximum atomic E-state index is 12.8. The number of aromatic nitrogens is 2. The number of likely N-dealkylation sites (N-methyl/N-ethyl adjacent to an activating group) is 1. The van der Waals surface area contributed by atoms with Gasteiger partial charge in [-0.2, -0.15) is 4.98 Å². The molecule has 202 valence electrons. The van der Waals surface area contributed by atoms with E-state index in [1.54, 1.807) is 48.5 Å². The van der Waals surface area contributed by atoms with E-state index in [1.165, 1.54) is 32.4 Å². The molecule has 0 spiro atoms. The third-order valence-corrected chi connectivity index (χ3v) is 5.82. The zero-order valence-electron chi connectivity index (χ0n) is 22.4. The SMILES string of the molecule is CCN(CC)CCNC(=O)c1cccc(Nc2nccc(N(C)C(=O)Oc3cc(OC)ccc3OC)n2)c1. The number of hydrogen-bond donors (Lipinski definition) is 2. The summed E-state index contributed by atoms with van der Waals surface area (Å²) in [5, 5.41) is 6.03. The van der Waals surface area contributed by atoms with Crippen molar-refractivity contribution in [1.82, 2.24) is 20.2 Å². The Kier molecular flexibility index (Phi) is 10.2. The van der Waals surface area contributed by atoms with Crippen molar-refractivity contribution in [3.8, 4) is 17.2 Å². The van der Waals surface area contributed by atoms with Crippen molar-refractivity contribution >= 4 is 29.5 Å². The molecule has 0 aliphatic rings. The van der Waals surface area contributed by atoms with Crippen molar-refractivity contribution in [2.45, 2.75) is 13.8 Å². The Bertz CT molecular complexity index is 1230. The Morgan fingerprint density at radius 1 is 0.974 bits per heavy atom. The van der Waals surface area contributed by atoms with Gasteiger partial charge in [0.1, 0.15) is 11.6 Å². The quantitative estimate of drug-likeness (QED) is 0.365. The van der Waals surface area contributed by atoms with Crippen molar-refractivity contribution < 1.29 is 23.8 Å². The van der Waals surface area contributed by atoms with Gasteiger partial charge in [-0.3, -0.25) is 9.69 Å². The number of carbonyl (C=O) groups is 2. The Morgan fingerprint density at radius 3 is 2.47 bits per heavy atom. The smallest absolute Gasteiger partial charge is 0.420 e. The third kappa shape index (κ3) is 7.56. The maximum Gasteiger partial charge on any atom is 0.420 e. The summed E-state index contributed by atoms with van der Waals surface area (Å²) in [6, 6.07) is 13.5. The highest BCUT2D eigenvalue weighted by Crippen LogP contribution is 2.32. The minimum atomic E-state index is -0.676. The summed E-state index contributed by atoms with van der Waals surface area (Å²) in [6.07, 6.45) is 0.842. The fraction of sp³-hybridized carbons (Fsp3) is 0.333. The number of anilines is 3. The summed E-state index contributed by atoms with van der Waals surface area (Å²) in [5.74, 6) is 1.51. The van der Waals surface area contributed by atoms with Crippen LogP contribution < -0.4 is 29.7 Å². The number of methoxy groups -OCH3 is 2. The van der Waals surface area contributed by atoms with Gasteiger partial charge in [-0.25, -0.2) is 9.78 Å². The molecule has 0 atom stereocenters. The van der Waals surface area contributed by atoms with Crippen LogP contribution in [0.3, 0.4) is 0 Å². The first-order valence-electron chi connectivity index (χ1n) is 12.3. The van der Waals surface area contributed by atoms with E-state index in [0.717, 1.165) is 19.6 Å². The number of benzene rings is 2. The van der Waals surface area contributed by atoms with Gasteiger partial charge in [-0.15, -0.1) is 0 Å². The minimum absolute atomic E-state index is 0.161. The summed E-state index contributed by atoms with van der Waals surface area (Å²) in [6.45, 7) is 7.41. The molecule has 38 heavy (non-hydrogen) atoms. The normalized spacial score (nSPS) is 10.6. The maximum absolute atomic E-state index is 12.8. The molecule has 0 bridgehead atoms. The molecule has 2 amide bonds. The first-order valence-corrected chi connectivity index (χ1v) is 12.3. The van der Waals surface area contributed by atoms with Gasteiger partial charge in [0.2, 0.25) is 5.95 Å². The molecule has 0 unspecified atom stereocenters. The number of rotatable bonds is 12. The van der Waals surface area contributed by atoms with Gasteiger partial charge in [0.15, 0.2) is 11.5 Å². The number of hydrogen-bond acceptors (Lipinski definition) is 9. The lowest BCUT2D eigenvalue weighted by molar-refractivity contribution is 0.0949. The van der Waals surface area contributed by atoms with Crippen LogP contribution in [0.2, 0.25) is 0 Å². The number of nitrogens with one attached hydrogen (secondary N) is 2. The van der Waals surface area contributed by atoms with Crippen LogP contribution in [0.25, 0.3) is 0 Å². The molecular weight excluding hydrogens is 488 g/mol. The highest BCUT2D eigenvalue weighted by Gasteiger charge is 2.18. The van der Waals surface area contributed by atoms with Crippen molar-refractivity contribution in [3.63, 3.8) is 0 Å². The molecule has 3 aromatic rings. The van der Waals surface area contributed by atoms with Gasteiger partial charge in [-0.05, 0) is 49.5 Å². The molecule has 11 nitrogen and oxygen atoms in total. The fourth-order valence-electron chi connectivity index (χ4n) is 3.55. The van der Waals surface area contributed by atoms with E-state index in [9.17, 15) is 9.59 Å². The largest absolute Gasteiger partial charge is 0.497 e. The number of amides is 2. The van der Waals surface area contributed by atoms with E-state index in [4.69, 9.17) is 14.2 Å². The standard InChI is InChI=1S/C27H34N6O5/c1-6-33(7-2)16-15-28-25(34)19-9-8-10-20(17-19)30-26-29-14-13-24(31-26)32(3)27(35)38-23-18-21(36-4)11-12-22(23)37-5/h8-14,17-18H,6-7,15-16H2,1-5H3,(H,28,34)(H,29,30,31). The van der Waals surface area contributed by atoms with Gasteiger partial charge in [0.05, 0.1) is 14.2 Å². The molecule has 3 rings (SSSR count).